The molecule has 2 rings (SSSR count). The summed E-state index contributed by atoms with van der Waals surface area (Å²) >= 11 is 0. The molecule has 1 aromatic carbocycles. The normalized spacial score (nSPS) is 22.5. The summed E-state index contributed by atoms with van der Waals surface area (Å²) in [6.45, 7) is 5.74. The Balaban J connectivity index is 1.69. The van der Waals surface area contributed by atoms with Gasteiger partial charge in [-0.1, -0.05) is 44.4 Å². The van der Waals surface area contributed by atoms with Gasteiger partial charge in [0.05, 0.1) is 11.3 Å². The van der Waals surface area contributed by atoms with Crippen LogP contribution in [0.25, 0.3) is 0 Å². The minimum Gasteiger partial charge on any atom is -0.456 e. The van der Waals surface area contributed by atoms with E-state index in [2.05, 4.69) is 23.9 Å². The standard InChI is InChI=1S/C20H30N2O5S/c1-14-7-9-17(10-8-14)28(25,26)21-12-11-20(24)27-13-19(23)22-18-6-4-5-15(2)16(18)3/h7-10,15-16,18,21H,4-6,11-13H2,1-3H3,(H,22,23)/t15-,16-,18+/m0/s1. The van der Waals surface area contributed by atoms with Gasteiger partial charge >= 0.3 is 5.97 Å². The molecule has 1 fully saturated rings. The van der Waals surface area contributed by atoms with Crippen LogP contribution in [-0.2, 0) is 24.3 Å². The van der Waals surface area contributed by atoms with Crippen LogP contribution in [0.4, 0.5) is 0 Å². The monoisotopic (exact) mass is 410 g/mol. The maximum Gasteiger partial charge on any atom is 0.307 e. The van der Waals surface area contributed by atoms with Crippen molar-refractivity contribution in [3.63, 3.8) is 0 Å². The molecule has 1 aliphatic carbocycles. The Hall–Kier alpha value is -1.93. The fourth-order valence-corrected chi connectivity index (χ4v) is 4.37. The van der Waals surface area contributed by atoms with E-state index in [1.807, 2.05) is 6.92 Å². The fraction of sp³-hybridized carbons (Fsp3) is 0.600. The van der Waals surface area contributed by atoms with Gasteiger partial charge in [0.1, 0.15) is 0 Å². The molecule has 3 atom stereocenters. The van der Waals surface area contributed by atoms with E-state index in [0.29, 0.717) is 11.8 Å². The second-order valence-corrected chi connectivity index (χ2v) is 9.33. The number of ether oxygens (including phenoxy) is 1. The van der Waals surface area contributed by atoms with Gasteiger partial charge in [-0.3, -0.25) is 9.59 Å². The van der Waals surface area contributed by atoms with Gasteiger partial charge in [-0.15, -0.1) is 0 Å². The maximum absolute atomic E-state index is 12.1. The summed E-state index contributed by atoms with van der Waals surface area (Å²) in [7, 11) is -3.67. The Morgan fingerprint density at radius 3 is 2.50 bits per heavy atom. The molecule has 156 valence electrons. The molecule has 0 heterocycles. The lowest BCUT2D eigenvalue weighted by atomic mass is 9.78. The van der Waals surface area contributed by atoms with E-state index >= 15 is 0 Å². The molecule has 0 bridgehead atoms. The highest BCUT2D eigenvalue weighted by atomic mass is 32.2. The van der Waals surface area contributed by atoms with Crippen LogP contribution < -0.4 is 10.0 Å². The number of nitrogens with one attached hydrogen (secondary N) is 2. The number of carbonyl (C=O) groups excluding carboxylic acids is 2. The molecule has 1 saturated carbocycles. The zero-order valence-electron chi connectivity index (χ0n) is 16.7. The van der Waals surface area contributed by atoms with Crippen LogP contribution in [0.3, 0.4) is 0 Å². The highest BCUT2D eigenvalue weighted by Gasteiger charge is 2.28. The van der Waals surface area contributed by atoms with Crippen molar-refractivity contribution in [2.75, 3.05) is 13.2 Å². The first-order valence-electron chi connectivity index (χ1n) is 9.70. The molecular formula is C20H30N2O5S. The Labute approximate surface area is 167 Å². The number of sulfonamides is 1. The van der Waals surface area contributed by atoms with Crippen molar-refractivity contribution in [2.24, 2.45) is 11.8 Å². The molecule has 8 heteroatoms. The smallest absolute Gasteiger partial charge is 0.307 e. The van der Waals surface area contributed by atoms with Crippen LogP contribution in [0.1, 0.15) is 45.1 Å². The van der Waals surface area contributed by atoms with Gasteiger partial charge in [-0.25, -0.2) is 13.1 Å². The van der Waals surface area contributed by atoms with Crippen LogP contribution in [-0.4, -0.2) is 39.5 Å². The lowest BCUT2D eigenvalue weighted by molar-refractivity contribution is -0.148. The van der Waals surface area contributed by atoms with Crippen molar-refractivity contribution in [1.82, 2.24) is 10.0 Å². The third-order valence-corrected chi connectivity index (χ3v) is 6.85. The predicted octanol–water partition coefficient (Wildman–Crippen LogP) is 2.15. The number of benzene rings is 1. The van der Waals surface area contributed by atoms with E-state index in [0.717, 1.165) is 18.4 Å². The highest BCUT2D eigenvalue weighted by Crippen LogP contribution is 2.29. The molecule has 7 nitrogen and oxygen atoms in total. The minimum absolute atomic E-state index is 0.0894. The summed E-state index contributed by atoms with van der Waals surface area (Å²) in [5.74, 6) is 0.0130. The van der Waals surface area contributed by atoms with Gasteiger partial charge in [-0.05, 0) is 37.3 Å². The second-order valence-electron chi connectivity index (χ2n) is 7.56. The molecule has 0 aromatic heterocycles. The second kappa shape index (κ2) is 10.0. The fourth-order valence-electron chi connectivity index (χ4n) is 3.34. The zero-order chi connectivity index (χ0) is 20.7. The summed E-state index contributed by atoms with van der Waals surface area (Å²) in [5.41, 5.74) is 0.956. The largest absolute Gasteiger partial charge is 0.456 e. The van der Waals surface area contributed by atoms with Gasteiger partial charge in [0, 0.05) is 12.6 Å². The van der Waals surface area contributed by atoms with Crippen molar-refractivity contribution in [1.29, 1.82) is 0 Å². The lowest BCUT2D eigenvalue weighted by Crippen LogP contribution is -2.45. The lowest BCUT2D eigenvalue weighted by Gasteiger charge is -2.34. The summed E-state index contributed by atoms with van der Waals surface area (Å²) in [6, 6.07) is 6.53. The van der Waals surface area contributed by atoms with Crippen LogP contribution >= 0.6 is 0 Å². The van der Waals surface area contributed by atoms with Gasteiger partial charge in [-0.2, -0.15) is 0 Å². The predicted molar refractivity (Wildman–Crippen MR) is 106 cm³/mol. The van der Waals surface area contributed by atoms with Gasteiger partial charge in [0.2, 0.25) is 10.0 Å². The molecule has 0 radical (unpaired) electrons. The number of aryl methyl sites for hydroxylation is 1. The zero-order valence-corrected chi connectivity index (χ0v) is 17.6. The minimum atomic E-state index is -3.67. The van der Waals surface area contributed by atoms with E-state index in [1.54, 1.807) is 12.1 Å². The number of hydrogen-bond donors (Lipinski definition) is 2. The third-order valence-electron chi connectivity index (χ3n) is 5.37. The molecular weight excluding hydrogens is 380 g/mol. The molecule has 0 spiro atoms. The van der Waals surface area contributed by atoms with Crippen molar-refractivity contribution in [2.45, 2.75) is 57.4 Å². The molecule has 28 heavy (non-hydrogen) atoms. The average molecular weight is 411 g/mol. The number of carbonyl (C=O) groups is 2. The molecule has 1 aromatic rings. The van der Waals surface area contributed by atoms with E-state index in [1.165, 1.54) is 18.6 Å². The first kappa shape index (κ1) is 22.4. The molecule has 0 aliphatic heterocycles. The topological polar surface area (TPSA) is 102 Å². The molecule has 1 amide bonds. The van der Waals surface area contributed by atoms with E-state index in [9.17, 15) is 18.0 Å². The Bertz CT molecular complexity index is 776. The average Bonchev–Trinajstić information content (AvgIpc) is 2.64. The van der Waals surface area contributed by atoms with Crippen molar-refractivity contribution < 1.29 is 22.7 Å². The van der Waals surface area contributed by atoms with Crippen molar-refractivity contribution in [3.05, 3.63) is 29.8 Å². The number of amides is 1. The van der Waals surface area contributed by atoms with E-state index in [4.69, 9.17) is 4.74 Å². The van der Waals surface area contributed by atoms with Crippen LogP contribution in [0.15, 0.2) is 29.2 Å². The van der Waals surface area contributed by atoms with E-state index in [-0.39, 0.29) is 36.4 Å². The van der Waals surface area contributed by atoms with Crippen LogP contribution in [0.2, 0.25) is 0 Å². The summed E-state index contributed by atoms with van der Waals surface area (Å²) in [5, 5.41) is 2.93. The maximum atomic E-state index is 12.1. The molecule has 2 N–H and O–H groups in total. The van der Waals surface area contributed by atoms with Gasteiger partial charge in [0.25, 0.3) is 5.91 Å². The summed E-state index contributed by atoms with van der Waals surface area (Å²) in [4.78, 5) is 23.9. The molecule has 0 saturated heterocycles. The van der Waals surface area contributed by atoms with Crippen LogP contribution in [0, 0.1) is 18.8 Å². The highest BCUT2D eigenvalue weighted by molar-refractivity contribution is 7.89. The van der Waals surface area contributed by atoms with E-state index < -0.39 is 16.0 Å². The Morgan fingerprint density at radius 2 is 1.82 bits per heavy atom. The molecule has 0 unspecified atom stereocenters. The van der Waals surface area contributed by atoms with Gasteiger partial charge in [0.15, 0.2) is 6.61 Å². The van der Waals surface area contributed by atoms with Crippen molar-refractivity contribution in [3.8, 4) is 0 Å². The Morgan fingerprint density at radius 1 is 1.14 bits per heavy atom. The van der Waals surface area contributed by atoms with Gasteiger partial charge < -0.3 is 10.1 Å². The first-order valence-corrected chi connectivity index (χ1v) is 11.2. The number of esters is 1. The summed E-state index contributed by atoms with van der Waals surface area (Å²) < 4.78 is 31.6. The summed E-state index contributed by atoms with van der Waals surface area (Å²) in [6.07, 6.45) is 3.04. The molecule has 1 aliphatic rings. The number of rotatable bonds is 8. The quantitative estimate of drug-likeness (QED) is 0.640. The van der Waals surface area contributed by atoms with Crippen molar-refractivity contribution >= 4 is 21.9 Å². The third kappa shape index (κ3) is 6.60. The number of hydrogen-bond acceptors (Lipinski definition) is 5. The Kier molecular flexibility index (Phi) is 8.00. The van der Waals surface area contributed by atoms with Crippen LogP contribution in [0.5, 0.6) is 0 Å². The SMILES string of the molecule is Cc1ccc(S(=O)(=O)NCCC(=O)OCC(=O)N[C@@H]2CCC[C@H](C)[C@@H]2C)cc1. The first-order chi connectivity index (χ1) is 13.2.